The first-order chi connectivity index (χ1) is 11.2. The van der Waals surface area contributed by atoms with Crippen LogP contribution in [0.5, 0.6) is 11.5 Å². The average Bonchev–Trinajstić information content (AvgIpc) is 2.96. The summed E-state index contributed by atoms with van der Waals surface area (Å²) in [5, 5.41) is 0.987. The van der Waals surface area contributed by atoms with Crippen molar-refractivity contribution in [2.24, 2.45) is 0 Å². The van der Waals surface area contributed by atoms with Gasteiger partial charge in [-0.15, -0.1) is 0 Å². The van der Waals surface area contributed by atoms with Gasteiger partial charge in [0.1, 0.15) is 5.82 Å². The van der Waals surface area contributed by atoms with Crippen molar-refractivity contribution in [2.75, 3.05) is 14.2 Å². The van der Waals surface area contributed by atoms with Crippen LogP contribution < -0.4 is 9.47 Å². The Morgan fingerprint density at radius 1 is 1.09 bits per heavy atom. The molecule has 1 heterocycles. The van der Waals surface area contributed by atoms with Gasteiger partial charge < -0.3 is 14.5 Å². The molecule has 0 spiro atoms. The molecule has 1 N–H and O–H groups in total. The zero-order valence-corrected chi connectivity index (χ0v) is 13.8. The molecule has 3 aromatic rings. The van der Waals surface area contributed by atoms with Gasteiger partial charge in [-0.25, -0.2) is 4.39 Å². The third-order valence-corrected chi connectivity index (χ3v) is 4.82. The number of ether oxygens (including phenoxy) is 2. The third-order valence-electron chi connectivity index (χ3n) is 3.66. The summed E-state index contributed by atoms with van der Waals surface area (Å²) in [6.07, 6.45) is 2.53. The van der Waals surface area contributed by atoms with Crippen LogP contribution in [0.2, 0.25) is 0 Å². The van der Waals surface area contributed by atoms with Gasteiger partial charge >= 0.3 is 0 Å². The van der Waals surface area contributed by atoms with Crippen molar-refractivity contribution in [1.29, 1.82) is 0 Å². The largest absolute Gasteiger partial charge is 0.493 e. The number of hydrogen-bond acceptors (Lipinski definition) is 3. The maximum atomic E-state index is 13.3. The van der Waals surface area contributed by atoms with Gasteiger partial charge in [-0.2, -0.15) is 0 Å². The molecule has 0 fully saturated rings. The van der Waals surface area contributed by atoms with E-state index in [0.29, 0.717) is 17.9 Å². The van der Waals surface area contributed by atoms with Gasteiger partial charge in [-0.1, -0.05) is 11.8 Å². The Hall–Kier alpha value is -2.14. The Labute approximate surface area is 138 Å². The highest BCUT2D eigenvalue weighted by Crippen LogP contribution is 2.40. The Kier molecular flexibility index (Phi) is 4.48. The highest BCUT2D eigenvalue weighted by molar-refractivity contribution is 7.99. The smallest absolute Gasteiger partial charge is 0.161 e. The second-order valence-electron chi connectivity index (χ2n) is 5.01. The van der Waals surface area contributed by atoms with E-state index in [2.05, 4.69) is 11.9 Å². The molecule has 5 heteroatoms. The second-order valence-corrected chi connectivity index (χ2v) is 6.09. The van der Waals surface area contributed by atoms with Crippen LogP contribution in [0.15, 0.2) is 46.3 Å². The molecule has 0 amide bonds. The van der Waals surface area contributed by atoms with Crippen LogP contribution in [-0.4, -0.2) is 19.2 Å². The number of benzene rings is 2. The van der Waals surface area contributed by atoms with Crippen molar-refractivity contribution in [2.45, 2.75) is 16.2 Å². The molecule has 0 bridgehead atoms. The number of rotatable bonds is 5. The van der Waals surface area contributed by atoms with E-state index in [-0.39, 0.29) is 5.82 Å². The molecule has 0 saturated carbocycles. The zero-order chi connectivity index (χ0) is 16.4. The molecule has 3 nitrogen and oxygen atoms in total. The fraction of sp³-hybridized carbons (Fsp3) is 0.167. The predicted octanol–water partition coefficient (Wildman–Crippen LogP) is 4.85. The topological polar surface area (TPSA) is 34.2 Å². The lowest BCUT2D eigenvalue weighted by atomic mass is 10.1. The van der Waals surface area contributed by atoms with Crippen molar-refractivity contribution >= 4 is 22.7 Å². The summed E-state index contributed by atoms with van der Waals surface area (Å²) in [4.78, 5) is 5.18. The van der Waals surface area contributed by atoms with Crippen LogP contribution in [0.25, 0.3) is 10.9 Å². The van der Waals surface area contributed by atoms with Crippen molar-refractivity contribution in [3.8, 4) is 11.5 Å². The first-order valence-corrected chi connectivity index (χ1v) is 7.96. The summed E-state index contributed by atoms with van der Waals surface area (Å²) in [6.45, 7) is 3.98. The molecule has 1 radical (unpaired) electrons. The van der Waals surface area contributed by atoms with E-state index < -0.39 is 0 Å². The molecule has 0 saturated heterocycles. The molecule has 3 rings (SSSR count). The van der Waals surface area contributed by atoms with Crippen LogP contribution in [0.4, 0.5) is 4.39 Å². The van der Waals surface area contributed by atoms with Gasteiger partial charge in [0, 0.05) is 26.9 Å². The van der Waals surface area contributed by atoms with Crippen molar-refractivity contribution in [3.63, 3.8) is 0 Å². The quantitative estimate of drug-likeness (QED) is 0.726. The molecule has 0 unspecified atom stereocenters. The van der Waals surface area contributed by atoms with Gasteiger partial charge in [0.15, 0.2) is 11.5 Å². The normalized spacial score (nSPS) is 11.0. The lowest BCUT2D eigenvalue weighted by Gasteiger charge is -2.13. The highest BCUT2D eigenvalue weighted by atomic mass is 32.2. The molecule has 0 atom stereocenters. The van der Waals surface area contributed by atoms with E-state index in [0.717, 1.165) is 26.3 Å². The van der Waals surface area contributed by atoms with Crippen LogP contribution in [0.1, 0.15) is 5.56 Å². The van der Waals surface area contributed by atoms with E-state index in [1.807, 2.05) is 18.3 Å². The summed E-state index contributed by atoms with van der Waals surface area (Å²) < 4.78 is 24.0. The van der Waals surface area contributed by atoms with Crippen molar-refractivity contribution < 1.29 is 13.9 Å². The fourth-order valence-corrected chi connectivity index (χ4v) is 3.57. The SMILES string of the molecule is [CH2]Cc1cc(OC)c(OC)cc1Sc1c[nH]c2cc(F)ccc12. The molecule has 23 heavy (non-hydrogen) atoms. The first-order valence-electron chi connectivity index (χ1n) is 7.15. The van der Waals surface area contributed by atoms with E-state index in [1.54, 1.807) is 32.0 Å². The Morgan fingerprint density at radius 3 is 2.52 bits per heavy atom. The minimum absolute atomic E-state index is 0.250. The van der Waals surface area contributed by atoms with Gasteiger partial charge in [0.25, 0.3) is 0 Å². The second kappa shape index (κ2) is 6.54. The molecular formula is C18H17FNO2S. The summed E-state index contributed by atoms with van der Waals surface area (Å²) in [6, 6.07) is 8.65. The Balaban J connectivity index is 2.04. The lowest BCUT2D eigenvalue weighted by Crippen LogP contribution is -1.94. The number of aromatic nitrogens is 1. The number of nitrogens with one attached hydrogen (secondary N) is 1. The number of halogens is 1. The standard InChI is InChI=1S/C18H17FNO2S/c1-4-11-7-15(21-2)16(22-3)9-17(11)23-18-10-20-14-8-12(19)5-6-13(14)18/h5-10,20H,1,4H2,2-3H3. The predicted molar refractivity (Wildman–Crippen MR) is 91.0 cm³/mol. The Morgan fingerprint density at radius 2 is 1.83 bits per heavy atom. The van der Waals surface area contributed by atoms with Crippen LogP contribution in [0, 0.1) is 12.7 Å². The molecule has 119 valence electrons. The summed E-state index contributed by atoms with van der Waals surface area (Å²) >= 11 is 1.60. The molecule has 1 aromatic heterocycles. The van der Waals surface area contributed by atoms with Crippen LogP contribution >= 0.6 is 11.8 Å². The van der Waals surface area contributed by atoms with E-state index in [4.69, 9.17) is 9.47 Å². The maximum absolute atomic E-state index is 13.3. The lowest BCUT2D eigenvalue weighted by molar-refractivity contribution is 0.353. The van der Waals surface area contributed by atoms with Gasteiger partial charge in [0.2, 0.25) is 0 Å². The minimum atomic E-state index is -0.250. The number of methoxy groups -OCH3 is 2. The number of H-pyrrole nitrogens is 1. The summed E-state index contributed by atoms with van der Waals surface area (Å²) in [5.41, 5.74) is 1.85. The van der Waals surface area contributed by atoms with Crippen LogP contribution in [0.3, 0.4) is 0 Å². The van der Waals surface area contributed by atoms with Crippen molar-refractivity contribution in [1.82, 2.24) is 4.98 Å². The number of fused-ring (bicyclic) bond motifs is 1. The zero-order valence-electron chi connectivity index (χ0n) is 13.0. The third kappa shape index (κ3) is 3.01. The molecule has 0 aliphatic rings. The first kappa shape index (κ1) is 15.7. The molecule has 0 aliphatic carbocycles. The summed E-state index contributed by atoms with van der Waals surface area (Å²) in [7, 11) is 3.23. The monoisotopic (exact) mass is 330 g/mol. The number of aromatic amines is 1. The van der Waals surface area contributed by atoms with Gasteiger partial charge in [0.05, 0.1) is 14.2 Å². The van der Waals surface area contributed by atoms with Crippen LogP contribution in [-0.2, 0) is 6.42 Å². The van der Waals surface area contributed by atoms with E-state index >= 15 is 0 Å². The van der Waals surface area contributed by atoms with Gasteiger partial charge in [-0.3, -0.25) is 0 Å². The van der Waals surface area contributed by atoms with Crippen molar-refractivity contribution in [3.05, 3.63) is 54.8 Å². The van der Waals surface area contributed by atoms with Gasteiger partial charge in [-0.05, 0) is 49.2 Å². The minimum Gasteiger partial charge on any atom is -0.493 e. The fourth-order valence-electron chi connectivity index (χ4n) is 2.47. The summed E-state index contributed by atoms with van der Waals surface area (Å²) in [5.74, 6) is 1.12. The molecule has 2 aromatic carbocycles. The van der Waals surface area contributed by atoms with E-state index in [9.17, 15) is 4.39 Å². The maximum Gasteiger partial charge on any atom is 0.161 e. The highest BCUT2D eigenvalue weighted by Gasteiger charge is 2.13. The Bertz CT molecular complexity index is 844. The number of hydrogen-bond donors (Lipinski definition) is 1. The van der Waals surface area contributed by atoms with E-state index in [1.165, 1.54) is 12.1 Å². The molecule has 0 aliphatic heterocycles. The average molecular weight is 330 g/mol. The molecular weight excluding hydrogens is 313 g/mol.